The number of fused-ring (bicyclic) bond motifs is 1. The molecular weight excluding hydrogens is 553 g/mol. The molecule has 1 amide bonds. The second-order valence-corrected chi connectivity index (χ2v) is 11.4. The molecular formula is C29H22FN3O5S2. The maximum Gasteiger partial charge on any atom is 0.301 e. The third-order valence-corrected chi connectivity index (χ3v) is 8.66. The number of aromatic nitrogens is 2. The third-order valence-electron chi connectivity index (χ3n) is 6.53. The van der Waals surface area contributed by atoms with Gasteiger partial charge in [-0.25, -0.2) is 4.39 Å². The summed E-state index contributed by atoms with van der Waals surface area (Å²) in [5.74, 6) is -0.751. The summed E-state index contributed by atoms with van der Waals surface area (Å²) >= 11 is 2.56. The number of amides is 1. The normalized spacial score (nSPS) is 17.9. The Morgan fingerprint density at radius 2 is 1.75 bits per heavy atom. The molecule has 2 aliphatic rings. The number of ether oxygens (including phenoxy) is 2. The predicted octanol–water partition coefficient (Wildman–Crippen LogP) is 5.68. The van der Waals surface area contributed by atoms with Crippen LogP contribution in [0.15, 0.2) is 76.6 Å². The van der Waals surface area contributed by atoms with Gasteiger partial charge in [0, 0.05) is 11.3 Å². The van der Waals surface area contributed by atoms with Gasteiger partial charge in [-0.05, 0) is 48.4 Å². The lowest BCUT2D eigenvalue weighted by Crippen LogP contribution is -2.29. The molecule has 1 fully saturated rings. The van der Waals surface area contributed by atoms with E-state index in [9.17, 15) is 19.1 Å². The minimum atomic E-state index is -0.920. The first-order chi connectivity index (χ1) is 19.4. The second-order valence-electron chi connectivity index (χ2n) is 9.20. The largest absolute Gasteiger partial charge is 0.507 e. The highest BCUT2D eigenvalue weighted by atomic mass is 32.2. The zero-order valence-corrected chi connectivity index (χ0v) is 22.8. The van der Waals surface area contributed by atoms with E-state index in [0.717, 1.165) is 11.1 Å². The lowest BCUT2D eigenvalue weighted by Gasteiger charge is -2.23. The monoisotopic (exact) mass is 575 g/mol. The molecule has 8 nitrogen and oxygen atoms in total. The van der Waals surface area contributed by atoms with Crippen LogP contribution >= 0.6 is 23.1 Å². The summed E-state index contributed by atoms with van der Waals surface area (Å²) in [5.41, 5.74) is 2.82. The van der Waals surface area contributed by atoms with Gasteiger partial charge in [-0.1, -0.05) is 65.1 Å². The van der Waals surface area contributed by atoms with Crippen LogP contribution in [-0.2, 0) is 15.3 Å². The average Bonchev–Trinajstić information content (AvgIpc) is 3.54. The highest BCUT2D eigenvalue weighted by molar-refractivity contribution is 8.00. The maximum absolute atomic E-state index is 13.4. The fraction of sp³-hybridized carbons (Fsp3) is 0.172. The van der Waals surface area contributed by atoms with Crippen molar-refractivity contribution >= 4 is 45.7 Å². The molecule has 1 unspecified atom stereocenters. The molecule has 1 N–H and O–H groups in total. The highest BCUT2D eigenvalue weighted by Gasteiger charge is 2.48. The van der Waals surface area contributed by atoms with E-state index in [0.29, 0.717) is 45.9 Å². The number of rotatable bonds is 6. The number of aliphatic hydroxyl groups excluding tert-OH is 1. The van der Waals surface area contributed by atoms with Gasteiger partial charge in [0.15, 0.2) is 15.8 Å². The van der Waals surface area contributed by atoms with Gasteiger partial charge in [-0.2, -0.15) is 0 Å². The van der Waals surface area contributed by atoms with E-state index >= 15 is 0 Å². The van der Waals surface area contributed by atoms with E-state index in [1.54, 1.807) is 30.3 Å². The van der Waals surface area contributed by atoms with Crippen molar-refractivity contribution in [2.45, 2.75) is 23.1 Å². The number of aliphatic hydroxyl groups is 1. The van der Waals surface area contributed by atoms with Gasteiger partial charge >= 0.3 is 5.91 Å². The van der Waals surface area contributed by atoms with Crippen LogP contribution in [0.25, 0.3) is 5.76 Å². The molecule has 202 valence electrons. The van der Waals surface area contributed by atoms with E-state index in [1.807, 2.05) is 31.2 Å². The Hall–Kier alpha value is -4.22. The van der Waals surface area contributed by atoms with Crippen molar-refractivity contribution in [3.05, 3.63) is 100 Å². The molecule has 4 aromatic rings. The minimum absolute atomic E-state index is 0.0544. The Bertz CT molecular complexity index is 1640. The van der Waals surface area contributed by atoms with Crippen LogP contribution in [0.5, 0.6) is 11.5 Å². The van der Waals surface area contributed by atoms with Gasteiger partial charge in [0.1, 0.15) is 24.8 Å². The van der Waals surface area contributed by atoms with E-state index in [4.69, 9.17) is 9.47 Å². The first kappa shape index (κ1) is 26.0. The lowest BCUT2D eigenvalue weighted by molar-refractivity contribution is -0.132. The second kappa shape index (κ2) is 10.7. The van der Waals surface area contributed by atoms with Crippen LogP contribution in [0.4, 0.5) is 9.52 Å². The van der Waals surface area contributed by atoms with Crippen molar-refractivity contribution < 1.29 is 28.6 Å². The number of Topliss-reactive ketones (excluding diaryl/α,β-unsaturated/α-hetero) is 1. The number of carbonyl (C=O) groups is 2. The number of carbonyl (C=O) groups excluding carboxylic acids is 2. The summed E-state index contributed by atoms with van der Waals surface area (Å²) in [7, 11) is 0. The van der Waals surface area contributed by atoms with E-state index in [2.05, 4.69) is 10.2 Å². The molecule has 40 heavy (non-hydrogen) atoms. The number of halogens is 1. The molecule has 2 aliphatic heterocycles. The first-order valence-electron chi connectivity index (χ1n) is 12.4. The summed E-state index contributed by atoms with van der Waals surface area (Å²) in [6, 6.07) is 17.5. The van der Waals surface area contributed by atoms with Crippen LogP contribution in [0.3, 0.4) is 0 Å². The molecule has 1 atom stereocenters. The average molecular weight is 576 g/mol. The van der Waals surface area contributed by atoms with Crippen LogP contribution in [0, 0.1) is 12.7 Å². The van der Waals surface area contributed by atoms with Crippen molar-refractivity contribution in [1.82, 2.24) is 10.2 Å². The summed E-state index contributed by atoms with van der Waals surface area (Å²) in [5, 5.41) is 20.1. The van der Waals surface area contributed by atoms with Gasteiger partial charge in [-0.3, -0.25) is 14.5 Å². The number of aryl methyl sites for hydroxylation is 1. The first-order valence-corrected chi connectivity index (χ1v) is 14.2. The van der Waals surface area contributed by atoms with Crippen LogP contribution in [-0.4, -0.2) is 40.2 Å². The molecule has 11 heteroatoms. The Labute approximate surface area is 237 Å². The molecule has 0 aliphatic carbocycles. The fourth-order valence-corrected chi connectivity index (χ4v) is 6.35. The molecule has 3 heterocycles. The molecule has 0 spiro atoms. The molecule has 1 saturated heterocycles. The van der Waals surface area contributed by atoms with Gasteiger partial charge in [0.25, 0.3) is 5.78 Å². The van der Waals surface area contributed by atoms with Crippen molar-refractivity contribution in [2.75, 3.05) is 18.1 Å². The number of ketones is 1. The quantitative estimate of drug-likeness (QED) is 0.103. The van der Waals surface area contributed by atoms with Crippen LogP contribution in [0.2, 0.25) is 0 Å². The number of hydrogen-bond donors (Lipinski definition) is 1. The van der Waals surface area contributed by atoms with Crippen molar-refractivity contribution in [1.29, 1.82) is 0 Å². The van der Waals surface area contributed by atoms with Crippen molar-refractivity contribution in [3.8, 4) is 11.5 Å². The van der Waals surface area contributed by atoms with Gasteiger partial charge < -0.3 is 14.6 Å². The highest BCUT2D eigenvalue weighted by Crippen LogP contribution is 2.45. The summed E-state index contributed by atoms with van der Waals surface area (Å²) in [4.78, 5) is 28.2. The SMILES string of the molecule is Cc1ccc(C2/C(=C(\O)c3ccc4c(c3)OCCO4)C(=O)C(=O)N2c2nnc(SCc3ccc(F)cc3)s2)cc1. The lowest BCUT2D eigenvalue weighted by atomic mass is 9.94. The van der Waals surface area contributed by atoms with E-state index in [1.165, 1.54) is 40.1 Å². The van der Waals surface area contributed by atoms with Gasteiger partial charge in [0.05, 0.1) is 11.6 Å². The zero-order valence-electron chi connectivity index (χ0n) is 21.2. The third kappa shape index (κ3) is 4.93. The smallest absolute Gasteiger partial charge is 0.301 e. The Morgan fingerprint density at radius 1 is 1.02 bits per heavy atom. The van der Waals surface area contributed by atoms with E-state index < -0.39 is 17.7 Å². The Morgan fingerprint density at radius 3 is 2.50 bits per heavy atom. The van der Waals surface area contributed by atoms with Crippen LogP contribution in [0.1, 0.15) is 28.3 Å². The summed E-state index contributed by atoms with van der Waals surface area (Å²) < 4.78 is 25.0. The number of thioether (sulfide) groups is 1. The van der Waals surface area contributed by atoms with Crippen molar-refractivity contribution in [3.63, 3.8) is 0 Å². The molecule has 1 aromatic heterocycles. The fourth-order valence-electron chi connectivity index (χ4n) is 4.52. The van der Waals surface area contributed by atoms with Crippen LogP contribution < -0.4 is 14.4 Å². The topological polar surface area (TPSA) is 102 Å². The summed E-state index contributed by atoms with van der Waals surface area (Å²) in [6.45, 7) is 2.72. The molecule has 3 aromatic carbocycles. The standard InChI is InChI=1S/C29H22FN3O5S2/c1-16-2-6-18(7-3-16)24-23(25(34)19-8-11-21-22(14-19)38-13-12-37-21)26(35)27(36)33(24)28-31-32-29(40-28)39-15-17-4-9-20(30)10-5-17/h2-11,14,24,34H,12-13,15H2,1H3/b25-23+. The maximum atomic E-state index is 13.4. The van der Waals surface area contributed by atoms with Gasteiger partial charge in [0.2, 0.25) is 5.13 Å². The molecule has 0 radical (unpaired) electrons. The predicted molar refractivity (Wildman–Crippen MR) is 149 cm³/mol. The number of hydrogen-bond acceptors (Lipinski definition) is 9. The Kier molecular flexibility index (Phi) is 6.99. The number of benzene rings is 3. The summed E-state index contributed by atoms with van der Waals surface area (Å²) in [6.07, 6.45) is 0. The Balaban J connectivity index is 1.38. The van der Waals surface area contributed by atoms with Gasteiger partial charge in [-0.15, -0.1) is 10.2 Å². The molecule has 0 bridgehead atoms. The number of nitrogens with zero attached hydrogens (tertiary/aromatic N) is 3. The van der Waals surface area contributed by atoms with Crippen molar-refractivity contribution in [2.24, 2.45) is 0 Å². The molecule has 0 saturated carbocycles. The van der Waals surface area contributed by atoms with E-state index in [-0.39, 0.29) is 22.3 Å². The minimum Gasteiger partial charge on any atom is -0.507 e. The molecule has 6 rings (SSSR count). The zero-order chi connectivity index (χ0) is 27.8. The number of anilines is 1.